The lowest BCUT2D eigenvalue weighted by Gasteiger charge is -2.18. The Morgan fingerprint density at radius 2 is 1.95 bits per heavy atom. The van der Waals surface area contributed by atoms with Crippen molar-refractivity contribution in [2.24, 2.45) is 0 Å². The number of benzene rings is 1. The highest BCUT2D eigenvalue weighted by Gasteiger charge is 2.09. The van der Waals surface area contributed by atoms with E-state index in [1.807, 2.05) is 24.5 Å². The van der Waals surface area contributed by atoms with Gasteiger partial charge in [0, 0.05) is 30.0 Å². The van der Waals surface area contributed by atoms with E-state index >= 15 is 0 Å². The maximum absolute atomic E-state index is 5.93. The number of aryl methyl sites for hydroxylation is 1. The molecule has 100 valence electrons. The monoisotopic (exact) mass is 274 g/mol. The van der Waals surface area contributed by atoms with Gasteiger partial charge in [-0.2, -0.15) is 0 Å². The molecule has 1 heterocycles. The van der Waals surface area contributed by atoms with Crippen LogP contribution in [0.1, 0.15) is 36.1 Å². The molecule has 1 aromatic carbocycles. The first-order valence-electron chi connectivity index (χ1n) is 6.59. The van der Waals surface area contributed by atoms with Crippen LogP contribution in [0.3, 0.4) is 0 Å². The summed E-state index contributed by atoms with van der Waals surface area (Å²) in [6, 6.07) is 10.5. The number of hydrogen-bond acceptors (Lipinski definition) is 2. The first-order chi connectivity index (χ1) is 9.20. The molecule has 1 aromatic heterocycles. The summed E-state index contributed by atoms with van der Waals surface area (Å²) in [5.41, 5.74) is 3.79. The third kappa shape index (κ3) is 3.79. The van der Waals surface area contributed by atoms with Crippen LogP contribution in [0.15, 0.2) is 42.7 Å². The minimum atomic E-state index is 0.352. The van der Waals surface area contributed by atoms with Crippen LogP contribution >= 0.6 is 11.6 Å². The largest absolute Gasteiger partial charge is 0.306 e. The molecule has 0 radical (unpaired) electrons. The molecule has 0 saturated heterocycles. The second-order valence-corrected chi connectivity index (χ2v) is 5.13. The van der Waals surface area contributed by atoms with Crippen molar-refractivity contribution >= 4 is 11.6 Å². The summed E-state index contributed by atoms with van der Waals surface area (Å²) < 4.78 is 0. The van der Waals surface area contributed by atoms with Gasteiger partial charge in [0.05, 0.1) is 0 Å². The highest BCUT2D eigenvalue weighted by atomic mass is 35.5. The first kappa shape index (κ1) is 14.0. The minimum Gasteiger partial charge on any atom is -0.306 e. The van der Waals surface area contributed by atoms with Crippen molar-refractivity contribution in [3.8, 4) is 0 Å². The number of hydrogen-bond donors (Lipinski definition) is 1. The lowest BCUT2D eigenvalue weighted by atomic mass is 10.0. The Balaban J connectivity index is 2.04. The number of rotatable bonds is 5. The van der Waals surface area contributed by atoms with Crippen LogP contribution in [0.5, 0.6) is 0 Å². The molecule has 1 unspecified atom stereocenters. The number of halogens is 1. The van der Waals surface area contributed by atoms with Gasteiger partial charge in [-0.05, 0) is 48.2 Å². The summed E-state index contributed by atoms with van der Waals surface area (Å²) in [4.78, 5) is 4.12. The third-order valence-corrected chi connectivity index (χ3v) is 3.61. The molecule has 0 spiro atoms. The zero-order valence-electron chi connectivity index (χ0n) is 11.4. The number of nitrogens with one attached hydrogen (secondary N) is 1. The summed E-state index contributed by atoms with van der Waals surface area (Å²) in [6.07, 6.45) is 4.79. The van der Waals surface area contributed by atoms with E-state index in [1.54, 1.807) is 0 Å². The maximum Gasteiger partial charge on any atom is 0.0406 e. The lowest BCUT2D eigenvalue weighted by Crippen LogP contribution is -2.20. The fourth-order valence-electron chi connectivity index (χ4n) is 2.13. The predicted octanol–water partition coefficient (Wildman–Crippen LogP) is 4.28. The van der Waals surface area contributed by atoms with Crippen molar-refractivity contribution in [1.29, 1.82) is 0 Å². The molecule has 0 aliphatic rings. The van der Waals surface area contributed by atoms with E-state index < -0.39 is 0 Å². The number of aromatic nitrogens is 1. The topological polar surface area (TPSA) is 24.9 Å². The number of pyridine rings is 1. The third-order valence-electron chi connectivity index (χ3n) is 3.36. The molecule has 2 nitrogen and oxygen atoms in total. The van der Waals surface area contributed by atoms with Crippen molar-refractivity contribution in [2.75, 3.05) is 0 Å². The van der Waals surface area contributed by atoms with Crippen molar-refractivity contribution in [3.05, 3.63) is 64.4 Å². The Morgan fingerprint density at radius 3 is 2.58 bits per heavy atom. The normalized spacial score (nSPS) is 12.4. The molecule has 0 saturated carbocycles. The zero-order chi connectivity index (χ0) is 13.7. The molecule has 0 aliphatic heterocycles. The summed E-state index contributed by atoms with van der Waals surface area (Å²) in [5.74, 6) is 0. The Hall–Kier alpha value is -1.38. The molecule has 19 heavy (non-hydrogen) atoms. The molecule has 0 amide bonds. The molecule has 0 fully saturated rings. The van der Waals surface area contributed by atoms with Crippen molar-refractivity contribution in [2.45, 2.75) is 32.9 Å². The first-order valence-corrected chi connectivity index (χ1v) is 6.97. The van der Waals surface area contributed by atoms with Crippen LogP contribution < -0.4 is 5.32 Å². The standard InChI is InChI=1S/C16H19ClN2/c1-3-16(13-4-6-15(17)7-5-13)19-11-14-8-9-18-10-12(14)2/h4-10,16,19H,3,11H2,1-2H3. The quantitative estimate of drug-likeness (QED) is 0.880. The van der Waals surface area contributed by atoms with Crippen LogP contribution in [-0.4, -0.2) is 4.98 Å². The average molecular weight is 275 g/mol. The van der Waals surface area contributed by atoms with Crippen LogP contribution in [0.25, 0.3) is 0 Å². The average Bonchev–Trinajstić information content (AvgIpc) is 2.43. The van der Waals surface area contributed by atoms with E-state index in [1.165, 1.54) is 16.7 Å². The summed E-state index contributed by atoms with van der Waals surface area (Å²) in [6.45, 7) is 5.13. The van der Waals surface area contributed by atoms with Gasteiger partial charge in [0.1, 0.15) is 0 Å². The van der Waals surface area contributed by atoms with Gasteiger partial charge in [-0.25, -0.2) is 0 Å². The van der Waals surface area contributed by atoms with E-state index in [9.17, 15) is 0 Å². The van der Waals surface area contributed by atoms with Gasteiger partial charge in [0.25, 0.3) is 0 Å². The maximum atomic E-state index is 5.93. The van der Waals surface area contributed by atoms with Crippen LogP contribution in [0, 0.1) is 6.92 Å². The molecule has 2 rings (SSSR count). The summed E-state index contributed by atoms with van der Waals surface area (Å²) in [5, 5.41) is 4.37. The molecule has 2 aromatic rings. The summed E-state index contributed by atoms with van der Waals surface area (Å²) >= 11 is 5.93. The fourth-order valence-corrected chi connectivity index (χ4v) is 2.25. The van der Waals surface area contributed by atoms with Crippen molar-refractivity contribution in [3.63, 3.8) is 0 Å². The van der Waals surface area contributed by atoms with E-state index in [4.69, 9.17) is 11.6 Å². The van der Waals surface area contributed by atoms with Crippen molar-refractivity contribution in [1.82, 2.24) is 10.3 Å². The smallest absolute Gasteiger partial charge is 0.0406 e. The molecule has 1 N–H and O–H groups in total. The molecule has 3 heteroatoms. The van der Waals surface area contributed by atoms with Gasteiger partial charge in [-0.1, -0.05) is 30.7 Å². The Kier molecular flexibility index (Phi) is 4.94. The van der Waals surface area contributed by atoms with E-state index in [2.05, 4.69) is 42.3 Å². The predicted molar refractivity (Wildman–Crippen MR) is 80.3 cm³/mol. The van der Waals surface area contributed by atoms with Crippen LogP contribution in [0.4, 0.5) is 0 Å². The minimum absolute atomic E-state index is 0.352. The van der Waals surface area contributed by atoms with E-state index in [-0.39, 0.29) is 0 Å². The Morgan fingerprint density at radius 1 is 1.21 bits per heavy atom. The lowest BCUT2D eigenvalue weighted by molar-refractivity contribution is 0.518. The SMILES string of the molecule is CCC(NCc1ccncc1C)c1ccc(Cl)cc1. The second kappa shape index (κ2) is 6.69. The summed E-state index contributed by atoms with van der Waals surface area (Å²) in [7, 11) is 0. The molecular formula is C16H19ClN2. The second-order valence-electron chi connectivity index (χ2n) is 4.70. The zero-order valence-corrected chi connectivity index (χ0v) is 12.1. The van der Waals surface area contributed by atoms with Gasteiger partial charge in [0.2, 0.25) is 0 Å². The van der Waals surface area contributed by atoms with Crippen molar-refractivity contribution < 1.29 is 0 Å². The molecule has 0 bridgehead atoms. The van der Waals surface area contributed by atoms with Gasteiger partial charge in [-0.3, -0.25) is 4.98 Å². The fraction of sp³-hybridized carbons (Fsp3) is 0.312. The van der Waals surface area contributed by atoms with E-state index in [0.29, 0.717) is 6.04 Å². The molecule has 0 aliphatic carbocycles. The highest BCUT2D eigenvalue weighted by molar-refractivity contribution is 6.30. The molecule has 1 atom stereocenters. The van der Waals surface area contributed by atoms with Gasteiger partial charge < -0.3 is 5.32 Å². The van der Waals surface area contributed by atoms with Gasteiger partial charge >= 0.3 is 0 Å². The van der Waals surface area contributed by atoms with Gasteiger partial charge in [-0.15, -0.1) is 0 Å². The van der Waals surface area contributed by atoms with Crippen LogP contribution in [-0.2, 0) is 6.54 Å². The van der Waals surface area contributed by atoms with Crippen LogP contribution in [0.2, 0.25) is 5.02 Å². The Labute approximate surface area is 119 Å². The van der Waals surface area contributed by atoms with E-state index in [0.717, 1.165) is 18.0 Å². The highest BCUT2D eigenvalue weighted by Crippen LogP contribution is 2.20. The molecular weight excluding hydrogens is 256 g/mol. The Bertz CT molecular complexity index is 523. The number of nitrogens with zero attached hydrogens (tertiary/aromatic N) is 1. The van der Waals surface area contributed by atoms with Gasteiger partial charge in [0.15, 0.2) is 0 Å².